The van der Waals surface area contributed by atoms with Crippen LogP contribution in [0.4, 0.5) is 39.5 Å². The minimum absolute atomic E-state index is 0. The van der Waals surface area contributed by atoms with Crippen LogP contribution in [-0.2, 0) is 4.79 Å². The van der Waals surface area contributed by atoms with Crippen LogP contribution >= 0.6 is 17.0 Å². The van der Waals surface area contributed by atoms with Crippen molar-refractivity contribution in [1.82, 2.24) is 0 Å². The standard InChI is InChI=1S/C4H6F2.C3H3F3.C2F4.C2H6O.C2H4O.B.BrH.Na.H/c1-3(5)4(2)6;1-2(4)3(5)6;3-1(4)2(5)6;2*1-2-3;;;;/h1-2H3;1H3;;3H,2H2,1H3;2H,1H3;;1H;;/q;;;;;;;+1;-1/b4-3+;;;;;;;;. The van der Waals surface area contributed by atoms with Gasteiger partial charge in [-0.15, -0.1) is 17.0 Å². The first-order valence-electron chi connectivity index (χ1n) is 5.79. The van der Waals surface area contributed by atoms with Crippen LogP contribution in [0.15, 0.2) is 35.7 Å². The number of aldehydes is 1. The Kier molecular flexibility index (Phi) is 75.6. The number of hydrogen-bond acceptors (Lipinski definition) is 2. The van der Waals surface area contributed by atoms with Crippen LogP contribution in [0.5, 0.6) is 0 Å². The van der Waals surface area contributed by atoms with E-state index in [1.54, 1.807) is 6.92 Å². The van der Waals surface area contributed by atoms with E-state index in [1.807, 2.05) is 0 Å². The van der Waals surface area contributed by atoms with Gasteiger partial charge in [0.2, 0.25) is 0 Å². The average Bonchev–Trinajstić information content (AvgIpc) is 2.41. The van der Waals surface area contributed by atoms with E-state index < -0.39 is 35.7 Å². The molecule has 0 bridgehead atoms. The molecular formula is C13H21BBrF9NaO2. The van der Waals surface area contributed by atoms with E-state index >= 15 is 0 Å². The molecule has 27 heavy (non-hydrogen) atoms. The topological polar surface area (TPSA) is 37.3 Å². The fraction of sp³-hybridized carbons (Fsp3) is 0.462. The maximum absolute atomic E-state index is 11.3. The monoisotopic (exact) mass is 493 g/mol. The fourth-order valence-corrected chi connectivity index (χ4v) is 0. The van der Waals surface area contributed by atoms with Gasteiger partial charge in [0, 0.05) is 15.0 Å². The van der Waals surface area contributed by atoms with Gasteiger partial charge >= 0.3 is 47.8 Å². The molecule has 0 aromatic carbocycles. The van der Waals surface area contributed by atoms with Crippen molar-refractivity contribution in [2.45, 2.75) is 34.6 Å². The summed E-state index contributed by atoms with van der Waals surface area (Å²) in [6, 6.07) is 0. The maximum atomic E-state index is 11.3. The normalized spacial score (nSPS) is 7.81. The van der Waals surface area contributed by atoms with Crippen molar-refractivity contribution >= 4 is 31.7 Å². The molecule has 0 spiro atoms. The van der Waals surface area contributed by atoms with Crippen LogP contribution < -0.4 is 29.6 Å². The summed E-state index contributed by atoms with van der Waals surface area (Å²) in [6.45, 7) is 6.24. The Morgan fingerprint density at radius 3 is 0.889 bits per heavy atom. The van der Waals surface area contributed by atoms with Crippen LogP contribution in [0.2, 0.25) is 0 Å². The summed E-state index contributed by atoms with van der Waals surface area (Å²) < 4.78 is 96.1. The molecule has 0 aliphatic rings. The van der Waals surface area contributed by atoms with E-state index in [2.05, 4.69) is 0 Å². The van der Waals surface area contributed by atoms with Gasteiger partial charge in [0.1, 0.15) is 17.9 Å². The number of aliphatic hydroxyl groups is 1. The number of allylic oxidation sites excluding steroid dienone is 3. The SMILES string of the molecule is Br.C/C(F)=C(/C)F.CC(F)=C(F)F.CC=O.CCO.FC(F)=C(F)F.[B].[H-].[Na+]. The molecular weight excluding hydrogens is 473 g/mol. The predicted molar refractivity (Wildman–Crippen MR) is 89.8 cm³/mol. The van der Waals surface area contributed by atoms with Crippen molar-refractivity contribution in [3.05, 3.63) is 35.7 Å². The Morgan fingerprint density at radius 2 is 0.889 bits per heavy atom. The van der Waals surface area contributed by atoms with E-state index in [0.717, 1.165) is 20.1 Å². The van der Waals surface area contributed by atoms with E-state index in [9.17, 15) is 39.5 Å². The average molecular weight is 494 g/mol. The Balaban J connectivity index is -0.0000000228. The molecule has 0 aromatic heterocycles. The molecule has 0 unspecified atom stereocenters. The molecule has 0 amide bonds. The van der Waals surface area contributed by atoms with E-state index in [1.165, 1.54) is 6.92 Å². The zero-order chi connectivity index (χ0) is 20.9. The molecule has 1 N–H and O–H groups in total. The second-order valence-electron chi connectivity index (χ2n) is 2.93. The minimum atomic E-state index is -2.91. The van der Waals surface area contributed by atoms with Gasteiger partial charge in [0.15, 0.2) is 5.83 Å². The Labute approximate surface area is 188 Å². The van der Waals surface area contributed by atoms with Crippen LogP contribution in [0.1, 0.15) is 36.0 Å². The molecule has 0 saturated heterocycles. The van der Waals surface area contributed by atoms with Gasteiger partial charge in [0.25, 0.3) is 0 Å². The Morgan fingerprint density at radius 1 is 0.778 bits per heavy atom. The fourth-order valence-electron chi connectivity index (χ4n) is 0. The molecule has 3 radical (unpaired) electrons. The second kappa shape index (κ2) is 40.4. The molecule has 0 rings (SSSR count). The molecule has 0 atom stereocenters. The summed E-state index contributed by atoms with van der Waals surface area (Å²) in [5.41, 5.74) is 0. The van der Waals surface area contributed by atoms with Gasteiger partial charge in [-0.1, -0.05) is 0 Å². The van der Waals surface area contributed by atoms with Crippen molar-refractivity contribution in [2.75, 3.05) is 6.61 Å². The third-order valence-electron chi connectivity index (χ3n) is 0.878. The number of aliphatic hydroxyl groups excluding tert-OH is 1. The Hall–Kier alpha value is -0.235. The largest absolute Gasteiger partial charge is 1.00 e. The molecule has 0 aliphatic heterocycles. The summed E-state index contributed by atoms with van der Waals surface area (Å²) in [5, 5.41) is 7.57. The zero-order valence-electron chi connectivity index (χ0n) is 16.5. The van der Waals surface area contributed by atoms with Gasteiger partial charge in [0.05, 0.1) is 0 Å². The first kappa shape index (κ1) is 50.5. The smallest absolute Gasteiger partial charge is 1.00 e. The Bertz CT molecular complexity index is 309. The summed E-state index contributed by atoms with van der Waals surface area (Å²) in [6.07, 6.45) is -7.31. The molecule has 159 valence electrons. The predicted octanol–water partition coefficient (Wildman–Crippen LogP) is 3.77. The van der Waals surface area contributed by atoms with Crippen LogP contribution in [0, 0.1) is 0 Å². The maximum Gasteiger partial charge on any atom is 1.00 e. The molecule has 0 aliphatic carbocycles. The van der Waals surface area contributed by atoms with Gasteiger partial charge in [-0.25, -0.2) is 13.2 Å². The molecule has 0 fully saturated rings. The van der Waals surface area contributed by atoms with E-state index in [4.69, 9.17) is 9.90 Å². The van der Waals surface area contributed by atoms with Crippen LogP contribution in [-0.4, -0.2) is 26.4 Å². The van der Waals surface area contributed by atoms with Crippen molar-refractivity contribution < 1.29 is 80.4 Å². The molecule has 14 heteroatoms. The summed E-state index contributed by atoms with van der Waals surface area (Å²) in [4.78, 5) is 8.81. The quantitative estimate of drug-likeness (QED) is 0.317. The minimum Gasteiger partial charge on any atom is -1.00 e. The molecule has 0 heterocycles. The first-order chi connectivity index (χ1) is 10.8. The third-order valence-corrected chi connectivity index (χ3v) is 0.878. The number of halogens is 10. The second-order valence-corrected chi connectivity index (χ2v) is 2.93. The van der Waals surface area contributed by atoms with Crippen molar-refractivity contribution in [2.24, 2.45) is 0 Å². The summed E-state index contributed by atoms with van der Waals surface area (Å²) in [5.74, 6) is -2.89. The van der Waals surface area contributed by atoms with Gasteiger partial charge in [-0.05, 0) is 34.6 Å². The third kappa shape index (κ3) is 105. The zero-order valence-corrected chi connectivity index (χ0v) is 19.2. The van der Waals surface area contributed by atoms with E-state index in [0.29, 0.717) is 6.92 Å². The van der Waals surface area contributed by atoms with E-state index in [-0.39, 0.29) is 63.0 Å². The van der Waals surface area contributed by atoms with Gasteiger partial charge < -0.3 is 11.3 Å². The van der Waals surface area contributed by atoms with Crippen molar-refractivity contribution in [1.29, 1.82) is 0 Å². The van der Waals surface area contributed by atoms with Crippen molar-refractivity contribution in [3.63, 3.8) is 0 Å². The molecule has 0 saturated carbocycles. The molecule has 0 aromatic rings. The van der Waals surface area contributed by atoms with Crippen LogP contribution in [0.25, 0.3) is 0 Å². The van der Waals surface area contributed by atoms with Gasteiger partial charge in [-0.2, -0.15) is 26.3 Å². The van der Waals surface area contributed by atoms with Crippen molar-refractivity contribution in [3.8, 4) is 0 Å². The van der Waals surface area contributed by atoms with Crippen LogP contribution in [0.3, 0.4) is 0 Å². The number of rotatable bonds is 0. The number of hydrogen-bond donors (Lipinski definition) is 1. The molecule has 2 nitrogen and oxygen atoms in total. The summed E-state index contributed by atoms with van der Waals surface area (Å²) in [7, 11) is 0. The van der Waals surface area contributed by atoms with Gasteiger partial charge in [-0.3, -0.25) is 0 Å². The first-order valence-corrected chi connectivity index (χ1v) is 5.79. The number of carbonyl (C=O) groups excluding carboxylic acids is 1. The number of carbonyl (C=O) groups is 1. The summed E-state index contributed by atoms with van der Waals surface area (Å²) >= 11 is 0.